The van der Waals surface area contributed by atoms with Crippen LogP contribution < -0.4 is 5.32 Å². The molecule has 0 radical (unpaired) electrons. The highest BCUT2D eigenvalue weighted by molar-refractivity contribution is 9.10. The predicted molar refractivity (Wildman–Crippen MR) is 100 cm³/mol. The maximum Gasteiger partial charge on any atom is 0.408 e. The van der Waals surface area contributed by atoms with Gasteiger partial charge in [0.25, 0.3) is 0 Å². The third-order valence-electron chi connectivity index (χ3n) is 4.53. The molecule has 5 nitrogen and oxygen atoms in total. The Bertz CT molecular complexity index is 636. The number of ether oxygens (including phenoxy) is 3. The first-order valence-electron chi connectivity index (χ1n) is 8.49. The zero-order valence-electron chi connectivity index (χ0n) is 14.7. The molecule has 1 aliphatic heterocycles. The van der Waals surface area contributed by atoms with Crippen molar-refractivity contribution in [1.29, 1.82) is 0 Å². The number of carbonyl (C=O) groups is 1. The minimum atomic E-state index is -0.518. The molecule has 1 fully saturated rings. The Labute approximate surface area is 160 Å². The van der Waals surface area contributed by atoms with Gasteiger partial charge in [0.2, 0.25) is 6.29 Å². The van der Waals surface area contributed by atoms with Gasteiger partial charge in [-0.25, -0.2) is 4.79 Å². The van der Waals surface area contributed by atoms with E-state index in [1.807, 2.05) is 26.2 Å². The highest BCUT2D eigenvalue weighted by atomic mass is 79.9. The molecule has 0 saturated heterocycles. The Morgan fingerprint density at radius 1 is 1.32 bits per heavy atom. The number of rotatable bonds is 3. The molecule has 1 amide bonds. The second-order valence-electron chi connectivity index (χ2n) is 7.59. The normalized spacial score (nSPS) is 26.8. The topological polar surface area (TPSA) is 56.8 Å². The number of carbonyl (C=O) groups excluding carboxylic acids is 1. The Balaban J connectivity index is 1.74. The van der Waals surface area contributed by atoms with Crippen LogP contribution in [-0.2, 0) is 19.7 Å². The highest BCUT2D eigenvalue weighted by Crippen LogP contribution is 2.44. The molecule has 2 aliphatic rings. The van der Waals surface area contributed by atoms with Crippen LogP contribution in [0.1, 0.15) is 51.3 Å². The lowest BCUT2D eigenvalue weighted by molar-refractivity contribution is -0.0829. The Hall–Kier alpha value is -1.21. The molecule has 1 aromatic rings. The van der Waals surface area contributed by atoms with Crippen molar-refractivity contribution in [2.24, 2.45) is 5.92 Å². The molecular weight excluding hydrogens is 406 g/mol. The van der Waals surface area contributed by atoms with E-state index in [-0.39, 0.29) is 12.4 Å². The van der Waals surface area contributed by atoms with Crippen LogP contribution in [0.25, 0.3) is 0 Å². The summed E-state index contributed by atoms with van der Waals surface area (Å²) in [5.41, 5.74) is -0.919. The minimum Gasteiger partial charge on any atom is -0.459 e. The number of thiophene rings is 1. The van der Waals surface area contributed by atoms with E-state index in [9.17, 15) is 4.79 Å². The fraction of sp³-hybridized carbons (Fsp3) is 0.611. The van der Waals surface area contributed by atoms with E-state index in [0.29, 0.717) is 5.92 Å². The van der Waals surface area contributed by atoms with Crippen molar-refractivity contribution in [2.75, 3.05) is 0 Å². The third kappa shape index (κ3) is 4.50. The second-order valence-corrected chi connectivity index (χ2v) is 9.42. The summed E-state index contributed by atoms with van der Waals surface area (Å²) in [6.07, 6.45) is 6.11. The van der Waals surface area contributed by atoms with Gasteiger partial charge in [-0.05, 0) is 68.5 Å². The average Bonchev–Trinajstić information content (AvgIpc) is 3.17. The van der Waals surface area contributed by atoms with E-state index in [0.717, 1.165) is 35.0 Å². The van der Waals surface area contributed by atoms with Crippen molar-refractivity contribution in [3.8, 4) is 0 Å². The number of hydrogen-bond donors (Lipinski definition) is 1. The molecule has 0 bridgehead atoms. The van der Waals surface area contributed by atoms with E-state index in [4.69, 9.17) is 14.2 Å². The Morgan fingerprint density at radius 2 is 1.96 bits per heavy atom. The first kappa shape index (κ1) is 18.6. The Kier molecular flexibility index (Phi) is 5.34. The van der Waals surface area contributed by atoms with Crippen molar-refractivity contribution >= 4 is 33.4 Å². The summed E-state index contributed by atoms with van der Waals surface area (Å²) < 4.78 is 17.5. The first-order chi connectivity index (χ1) is 11.8. The summed E-state index contributed by atoms with van der Waals surface area (Å²) in [5, 5.41) is 5.21. The maximum absolute atomic E-state index is 12.5. The molecule has 0 aromatic carbocycles. The van der Waals surface area contributed by atoms with Crippen LogP contribution in [0.2, 0.25) is 0 Å². The van der Waals surface area contributed by atoms with Crippen LogP contribution in [-0.4, -0.2) is 18.0 Å². The molecule has 0 unspecified atom stereocenters. The van der Waals surface area contributed by atoms with Gasteiger partial charge < -0.3 is 19.5 Å². The van der Waals surface area contributed by atoms with Gasteiger partial charge in [-0.15, -0.1) is 11.3 Å². The van der Waals surface area contributed by atoms with Crippen LogP contribution >= 0.6 is 27.3 Å². The first-order valence-corrected chi connectivity index (χ1v) is 10.2. The van der Waals surface area contributed by atoms with Crippen molar-refractivity contribution in [1.82, 2.24) is 5.32 Å². The predicted octanol–water partition coefficient (Wildman–Crippen LogP) is 5.26. The number of halogens is 1. The minimum absolute atomic E-state index is 0.199. The van der Waals surface area contributed by atoms with Gasteiger partial charge in [0, 0.05) is 20.6 Å². The molecule has 1 aromatic heterocycles. The van der Waals surface area contributed by atoms with Gasteiger partial charge in [0.15, 0.2) is 0 Å². The van der Waals surface area contributed by atoms with Gasteiger partial charge in [-0.1, -0.05) is 0 Å². The molecule has 1 N–H and O–H groups in total. The smallest absolute Gasteiger partial charge is 0.408 e. The summed E-state index contributed by atoms with van der Waals surface area (Å²) in [6, 6.07) is 2.09. The average molecular weight is 430 g/mol. The molecule has 1 aliphatic carbocycles. The van der Waals surface area contributed by atoms with Crippen molar-refractivity contribution in [3.05, 3.63) is 33.3 Å². The standard InChI is InChI=1S/C18H24BrNO4S/c1-17(2,3)24-16(21)20-18(14-10-13(19)11-25-14)6-4-12(5-7-18)15-22-8-9-23-15/h8-12,15H,4-7H2,1-3H3,(H,20,21). The Morgan fingerprint density at radius 3 is 2.48 bits per heavy atom. The fourth-order valence-electron chi connectivity index (χ4n) is 3.37. The van der Waals surface area contributed by atoms with Crippen LogP contribution in [0.15, 0.2) is 28.4 Å². The number of hydrogen-bond acceptors (Lipinski definition) is 5. The molecule has 2 heterocycles. The van der Waals surface area contributed by atoms with E-state index in [1.165, 1.54) is 0 Å². The van der Waals surface area contributed by atoms with Crippen LogP contribution in [0, 0.1) is 5.92 Å². The van der Waals surface area contributed by atoms with E-state index in [1.54, 1.807) is 23.9 Å². The van der Waals surface area contributed by atoms with E-state index < -0.39 is 11.1 Å². The summed E-state index contributed by atoms with van der Waals surface area (Å²) in [5.74, 6) is 0.326. The third-order valence-corrected chi connectivity index (χ3v) is 6.42. The van der Waals surface area contributed by atoms with Gasteiger partial charge in [0.1, 0.15) is 18.1 Å². The van der Waals surface area contributed by atoms with Crippen molar-refractivity contribution in [2.45, 2.75) is 63.9 Å². The summed E-state index contributed by atoms with van der Waals surface area (Å²) >= 11 is 5.18. The summed E-state index contributed by atoms with van der Waals surface area (Å²) in [7, 11) is 0. The summed E-state index contributed by atoms with van der Waals surface area (Å²) in [6.45, 7) is 5.62. The maximum atomic E-state index is 12.5. The lowest BCUT2D eigenvalue weighted by atomic mass is 9.75. The lowest BCUT2D eigenvalue weighted by Crippen LogP contribution is -2.50. The SMILES string of the molecule is CC(C)(C)OC(=O)NC1(c2cc(Br)cs2)CCC(C2OC=CO2)CC1. The zero-order valence-corrected chi connectivity index (χ0v) is 17.1. The zero-order chi connectivity index (χ0) is 18.1. The monoisotopic (exact) mass is 429 g/mol. The van der Waals surface area contributed by atoms with E-state index in [2.05, 4.69) is 27.3 Å². The molecule has 0 spiro atoms. The van der Waals surface area contributed by atoms with Crippen LogP contribution in [0.4, 0.5) is 4.79 Å². The van der Waals surface area contributed by atoms with Gasteiger partial charge >= 0.3 is 6.09 Å². The lowest BCUT2D eigenvalue weighted by Gasteiger charge is -2.41. The van der Waals surface area contributed by atoms with E-state index >= 15 is 0 Å². The molecule has 7 heteroatoms. The number of amides is 1. The number of alkyl carbamates (subject to hydrolysis) is 1. The van der Waals surface area contributed by atoms with Gasteiger partial charge in [0.05, 0.1) is 5.54 Å². The van der Waals surface area contributed by atoms with Crippen LogP contribution in [0.5, 0.6) is 0 Å². The van der Waals surface area contributed by atoms with Gasteiger partial charge in [-0.3, -0.25) is 0 Å². The highest BCUT2D eigenvalue weighted by Gasteiger charge is 2.43. The molecule has 3 rings (SSSR count). The molecule has 1 saturated carbocycles. The van der Waals surface area contributed by atoms with Gasteiger partial charge in [-0.2, -0.15) is 0 Å². The fourth-order valence-corrected chi connectivity index (χ4v) is 5.02. The van der Waals surface area contributed by atoms with Crippen LogP contribution in [0.3, 0.4) is 0 Å². The quantitative estimate of drug-likeness (QED) is 0.710. The molecule has 25 heavy (non-hydrogen) atoms. The van der Waals surface area contributed by atoms with Crippen molar-refractivity contribution < 1.29 is 19.0 Å². The molecule has 138 valence electrons. The second kappa shape index (κ2) is 7.19. The number of nitrogens with one attached hydrogen (secondary N) is 1. The van der Waals surface area contributed by atoms with Crippen molar-refractivity contribution in [3.63, 3.8) is 0 Å². The molecular formula is C18H24BrNO4S. The summed E-state index contributed by atoms with van der Waals surface area (Å²) in [4.78, 5) is 13.6. The largest absolute Gasteiger partial charge is 0.459 e. The molecule has 0 atom stereocenters.